The van der Waals surface area contributed by atoms with Crippen molar-refractivity contribution in [3.63, 3.8) is 0 Å². The van der Waals surface area contributed by atoms with Crippen molar-refractivity contribution in [2.45, 2.75) is 44.4 Å². The highest BCUT2D eigenvalue weighted by Gasteiger charge is 2.59. The van der Waals surface area contributed by atoms with E-state index in [0.717, 1.165) is 17.8 Å². The third-order valence-corrected chi connectivity index (χ3v) is 7.80. The number of rotatable bonds is 6. The van der Waals surface area contributed by atoms with Gasteiger partial charge < -0.3 is 24.4 Å². The molecule has 0 unspecified atom stereocenters. The summed E-state index contributed by atoms with van der Waals surface area (Å²) in [6, 6.07) is 8.36. The lowest BCUT2D eigenvalue weighted by Crippen LogP contribution is -2.47. The molecule has 206 valence electrons. The molecule has 0 aliphatic carbocycles. The van der Waals surface area contributed by atoms with Gasteiger partial charge in [-0.15, -0.1) is 0 Å². The predicted octanol–water partition coefficient (Wildman–Crippen LogP) is 5.03. The monoisotopic (exact) mass is 554 g/mol. The number of hydrogen-bond acceptors (Lipinski definition) is 6. The quantitative estimate of drug-likeness (QED) is 0.505. The van der Waals surface area contributed by atoms with Crippen LogP contribution in [0.15, 0.2) is 36.4 Å². The van der Waals surface area contributed by atoms with Gasteiger partial charge in [0.15, 0.2) is 12.2 Å². The Labute approximate surface area is 224 Å². The van der Waals surface area contributed by atoms with E-state index in [9.17, 15) is 27.9 Å². The first-order valence-electron chi connectivity index (χ1n) is 12.4. The van der Waals surface area contributed by atoms with Gasteiger partial charge in [-0.05, 0) is 55.2 Å². The molecule has 0 spiro atoms. The molecule has 7 nitrogen and oxygen atoms in total. The van der Waals surface area contributed by atoms with Crippen LogP contribution in [0.4, 0.5) is 24.5 Å². The normalized spacial score (nSPS) is 18.9. The molecule has 2 aliphatic rings. The number of carbonyl (C=O) groups is 2. The fourth-order valence-electron chi connectivity index (χ4n) is 5.09. The number of ether oxygens (including phenoxy) is 2. The van der Waals surface area contributed by atoms with Crippen LogP contribution in [0.5, 0.6) is 5.75 Å². The number of hydrogen-bond donors (Lipinski definition) is 1. The second kappa shape index (κ2) is 10.6. The second-order valence-corrected chi connectivity index (χ2v) is 10.0. The Balaban J connectivity index is 1.61. The van der Waals surface area contributed by atoms with E-state index in [4.69, 9.17) is 21.1 Å². The van der Waals surface area contributed by atoms with Crippen molar-refractivity contribution in [2.24, 2.45) is 5.92 Å². The Hall–Kier alpha value is -2.98. The standard InChI is InChI=1S/C27H30ClF3N2O5/c1-4-37-25(35)17-9-11-33(12-10-17)19-6-7-20(21(28)14-19)16(2)26(36,27(29,30)31)18-5-8-23-22(13-18)32(3)24(34)15-38-23/h5-8,13-14,16-17,36H,4,9-12,15H2,1-3H3/t16-,26-/m0/s1. The minimum absolute atomic E-state index is 0.0822. The van der Waals surface area contributed by atoms with E-state index < -0.39 is 29.2 Å². The molecule has 2 aliphatic heterocycles. The average Bonchev–Trinajstić information content (AvgIpc) is 2.89. The zero-order valence-corrected chi connectivity index (χ0v) is 22.1. The highest BCUT2D eigenvalue weighted by Crippen LogP contribution is 2.51. The highest BCUT2D eigenvalue weighted by molar-refractivity contribution is 6.31. The Morgan fingerprint density at radius 2 is 1.89 bits per heavy atom. The number of piperidine rings is 1. The van der Waals surface area contributed by atoms with Crippen LogP contribution in [0.25, 0.3) is 0 Å². The molecule has 2 heterocycles. The maximum atomic E-state index is 14.5. The van der Waals surface area contributed by atoms with Gasteiger partial charge in [0.1, 0.15) is 5.75 Å². The fourth-order valence-corrected chi connectivity index (χ4v) is 5.43. The highest BCUT2D eigenvalue weighted by atomic mass is 35.5. The number of amides is 1. The molecule has 0 radical (unpaired) electrons. The number of anilines is 2. The molecule has 1 amide bonds. The molecule has 1 fully saturated rings. The molecule has 1 N–H and O–H groups in total. The largest absolute Gasteiger partial charge is 0.482 e. The number of nitrogens with zero attached hydrogens (tertiary/aromatic N) is 2. The fraction of sp³-hybridized carbons (Fsp3) is 0.481. The molecule has 1 saturated heterocycles. The Morgan fingerprint density at radius 3 is 2.50 bits per heavy atom. The summed E-state index contributed by atoms with van der Waals surface area (Å²) in [6.07, 6.45) is -3.86. The number of esters is 1. The van der Waals surface area contributed by atoms with E-state index in [1.54, 1.807) is 19.1 Å². The number of likely N-dealkylation sites (N-methyl/N-ethyl adjacent to an activating group) is 1. The van der Waals surface area contributed by atoms with Gasteiger partial charge in [0.25, 0.3) is 5.91 Å². The van der Waals surface area contributed by atoms with Crippen molar-refractivity contribution in [2.75, 3.05) is 43.2 Å². The summed E-state index contributed by atoms with van der Waals surface area (Å²) in [5, 5.41) is 11.4. The lowest BCUT2D eigenvalue weighted by molar-refractivity contribution is -0.274. The van der Waals surface area contributed by atoms with Gasteiger partial charge in [-0.2, -0.15) is 13.2 Å². The van der Waals surface area contributed by atoms with E-state index in [2.05, 4.69) is 0 Å². The summed E-state index contributed by atoms with van der Waals surface area (Å²) < 4.78 is 54.0. The van der Waals surface area contributed by atoms with Crippen molar-refractivity contribution < 1.29 is 37.3 Å². The predicted molar refractivity (Wildman–Crippen MR) is 137 cm³/mol. The number of aliphatic hydroxyl groups is 1. The Kier molecular flexibility index (Phi) is 7.86. The first kappa shape index (κ1) is 28.0. The SMILES string of the molecule is CCOC(=O)C1CCN(c2ccc([C@H](C)[C@](O)(c3ccc4c(c3)N(C)C(=O)CO4)C(F)(F)F)c(Cl)c2)CC1. The number of alkyl halides is 3. The number of halogens is 4. The Bertz CT molecular complexity index is 1220. The van der Waals surface area contributed by atoms with Crippen LogP contribution in [0.1, 0.15) is 43.7 Å². The van der Waals surface area contributed by atoms with Crippen molar-refractivity contribution in [3.05, 3.63) is 52.5 Å². The summed E-state index contributed by atoms with van der Waals surface area (Å²) in [7, 11) is 1.44. The molecule has 0 aromatic heterocycles. The molecule has 2 aromatic carbocycles. The minimum atomic E-state index is -5.06. The van der Waals surface area contributed by atoms with Crippen LogP contribution in [-0.2, 0) is 19.9 Å². The van der Waals surface area contributed by atoms with Gasteiger partial charge >= 0.3 is 12.1 Å². The first-order valence-corrected chi connectivity index (χ1v) is 12.8. The summed E-state index contributed by atoms with van der Waals surface area (Å²) in [5.74, 6) is -2.04. The summed E-state index contributed by atoms with van der Waals surface area (Å²) in [4.78, 5) is 27.3. The van der Waals surface area contributed by atoms with E-state index >= 15 is 0 Å². The smallest absolute Gasteiger partial charge is 0.422 e. The number of benzene rings is 2. The molecule has 2 atom stereocenters. The van der Waals surface area contributed by atoms with Crippen LogP contribution in [0.2, 0.25) is 5.02 Å². The van der Waals surface area contributed by atoms with Gasteiger partial charge in [-0.3, -0.25) is 9.59 Å². The van der Waals surface area contributed by atoms with Gasteiger partial charge in [-0.25, -0.2) is 0 Å². The van der Waals surface area contributed by atoms with Crippen LogP contribution in [0, 0.1) is 5.92 Å². The van der Waals surface area contributed by atoms with Gasteiger partial charge in [0.05, 0.1) is 18.2 Å². The van der Waals surface area contributed by atoms with Crippen molar-refractivity contribution in [1.29, 1.82) is 0 Å². The maximum absolute atomic E-state index is 14.5. The lowest BCUT2D eigenvalue weighted by Gasteiger charge is -2.38. The molecular formula is C27H30ClF3N2O5. The van der Waals surface area contributed by atoms with Gasteiger partial charge in [-0.1, -0.05) is 30.7 Å². The van der Waals surface area contributed by atoms with E-state index in [1.165, 1.54) is 31.0 Å². The third-order valence-electron chi connectivity index (χ3n) is 7.48. The number of fused-ring (bicyclic) bond motifs is 1. The number of carbonyl (C=O) groups excluding carboxylic acids is 2. The molecule has 0 bridgehead atoms. The Morgan fingerprint density at radius 1 is 1.21 bits per heavy atom. The van der Waals surface area contributed by atoms with Crippen molar-refractivity contribution >= 4 is 34.9 Å². The molecule has 4 rings (SSSR count). The molecule has 0 saturated carbocycles. The first-order chi connectivity index (χ1) is 17.9. The average molecular weight is 555 g/mol. The summed E-state index contributed by atoms with van der Waals surface area (Å²) >= 11 is 6.51. The molecule has 11 heteroatoms. The van der Waals surface area contributed by atoms with Crippen molar-refractivity contribution in [1.82, 2.24) is 0 Å². The van der Waals surface area contributed by atoms with E-state index in [0.29, 0.717) is 32.5 Å². The van der Waals surface area contributed by atoms with Crippen LogP contribution < -0.4 is 14.5 Å². The van der Waals surface area contributed by atoms with Crippen LogP contribution in [0.3, 0.4) is 0 Å². The minimum Gasteiger partial charge on any atom is -0.482 e. The zero-order valence-electron chi connectivity index (χ0n) is 21.3. The summed E-state index contributed by atoms with van der Waals surface area (Å²) in [6.45, 7) is 4.29. The van der Waals surface area contributed by atoms with Crippen LogP contribution >= 0.6 is 11.6 Å². The molecule has 2 aromatic rings. The maximum Gasteiger partial charge on any atom is 0.422 e. The van der Waals surface area contributed by atoms with Gasteiger partial charge in [0, 0.05) is 36.8 Å². The lowest BCUT2D eigenvalue weighted by atomic mass is 9.77. The molecule has 38 heavy (non-hydrogen) atoms. The third kappa shape index (κ3) is 5.03. The van der Waals surface area contributed by atoms with Crippen LogP contribution in [-0.4, -0.2) is 56.5 Å². The summed E-state index contributed by atoms with van der Waals surface area (Å²) in [5.41, 5.74) is -2.75. The molecular weight excluding hydrogens is 525 g/mol. The second-order valence-electron chi connectivity index (χ2n) is 9.63. The van der Waals surface area contributed by atoms with E-state index in [1.807, 2.05) is 4.90 Å². The topological polar surface area (TPSA) is 79.3 Å². The van der Waals surface area contributed by atoms with Gasteiger partial charge in [0.2, 0.25) is 0 Å². The van der Waals surface area contributed by atoms with Crippen molar-refractivity contribution in [3.8, 4) is 5.75 Å². The van der Waals surface area contributed by atoms with E-state index in [-0.39, 0.29) is 40.5 Å². The zero-order chi connectivity index (χ0) is 27.8.